The summed E-state index contributed by atoms with van der Waals surface area (Å²) in [5.74, 6) is -0.207. The molecule has 6 N–H and O–H groups in total. The van der Waals surface area contributed by atoms with Gasteiger partial charge in [0.25, 0.3) is 0 Å². The van der Waals surface area contributed by atoms with Gasteiger partial charge in [-0.2, -0.15) is 0 Å². The number of hydrogen-bond acceptors (Lipinski definition) is 10. The van der Waals surface area contributed by atoms with E-state index in [9.17, 15) is 35.1 Å². The number of ether oxygens (including phenoxy) is 3. The average molecular weight is 1100 g/mol. The van der Waals surface area contributed by atoms with Crippen molar-refractivity contribution < 1.29 is 49.3 Å². The number of rotatable bonds is 56. The number of carbonyl (C=O) groups is 2. The lowest BCUT2D eigenvalue weighted by Crippen LogP contribution is -2.60. The molecule has 1 amide bonds. The molecular formula is C67H121NO10. The van der Waals surface area contributed by atoms with Crippen LogP contribution in [0.2, 0.25) is 0 Å². The third-order valence-electron chi connectivity index (χ3n) is 15.1. The van der Waals surface area contributed by atoms with E-state index in [1.165, 1.54) is 186 Å². The Hall–Kier alpha value is -2.64. The van der Waals surface area contributed by atoms with Gasteiger partial charge in [-0.3, -0.25) is 9.59 Å². The van der Waals surface area contributed by atoms with Gasteiger partial charge in [-0.15, -0.1) is 0 Å². The second-order valence-corrected chi connectivity index (χ2v) is 22.4. The van der Waals surface area contributed by atoms with Gasteiger partial charge in [-0.05, 0) is 103 Å². The van der Waals surface area contributed by atoms with Gasteiger partial charge in [0.1, 0.15) is 24.4 Å². The van der Waals surface area contributed by atoms with Crippen molar-refractivity contribution in [3.8, 4) is 0 Å². The van der Waals surface area contributed by atoms with Crippen molar-refractivity contribution in [2.45, 2.75) is 333 Å². The number of allylic oxidation sites excluding steroid dienone is 9. The summed E-state index contributed by atoms with van der Waals surface area (Å²) in [6, 6.07) is -0.830. The first-order chi connectivity index (χ1) is 38.2. The molecule has 0 spiro atoms. The van der Waals surface area contributed by atoms with Crippen LogP contribution in [0.1, 0.15) is 290 Å². The molecule has 1 rings (SSSR count). The topological polar surface area (TPSA) is 175 Å². The van der Waals surface area contributed by atoms with E-state index in [-0.39, 0.29) is 18.5 Å². The van der Waals surface area contributed by atoms with Gasteiger partial charge >= 0.3 is 5.97 Å². The zero-order chi connectivity index (χ0) is 56.6. The largest absolute Gasteiger partial charge is 0.466 e. The van der Waals surface area contributed by atoms with Crippen LogP contribution in [-0.4, -0.2) is 100 Å². The lowest BCUT2D eigenvalue weighted by Gasteiger charge is -2.40. The van der Waals surface area contributed by atoms with Crippen molar-refractivity contribution in [3.05, 3.63) is 60.8 Å². The highest BCUT2D eigenvalue weighted by Gasteiger charge is 2.44. The standard InChI is InChI=1S/C67H121NO10/c1-3-5-7-9-11-13-14-15-32-35-39-43-47-51-55-63(72)76-56-52-48-44-40-36-33-30-28-26-24-22-20-18-16-17-19-21-23-25-27-29-31-34-38-42-46-50-54-62(71)68-59(60(70)53-49-45-41-37-12-10-8-6-4-2)58-77-67-66(75)65(74)64(73)61(57-69)78-67/h12,14-17,20,22,37,49,53,59-61,64-67,69-70,73-75H,3-11,13,18-19,21,23-36,38-48,50-52,54-58H2,1-2H3,(H,68,71)/b15-14-,17-16-,22-20-,37-12+,53-49+. The Kier molecular flexibility index (Phi) is 52.9. The summed E-state index contributed by atoms with van der Waals surface area (Å²) in [5, 5.41) is 54.2. The molecule has 454 valence electrons. The fourth-order valence-electron chi connectivity index (χ4n) is 9.89. The molecule has 1 aliphatic rings. The second kappa shape index (κ2) is 56.2. The van der Waals surface area contributed by atoms with Crippen LogP contribution in [0.5, 0.6) is 0 Å². The molecule has 1 saturated heterocycles. The van der Waals surface area contributed by atoms with Crippen LogP contribution in [0.3, 0.4) is 0 Å². The fourth-order valence-corrected chi connectivity index (χ4v) is 9.89. The maximum absolute atomic E-state index is 13.0. The summed E-state index contributed by atoms with van der Waals surface area (Å²) >= 11 is 0. The zero-order valence-electron chi connectivity index (χ0n) is 50.1. The van der Waals surface area contributed by atoms with Gasteiger partial charge in [0.05, 0.1) is 32.0 Å². The number of aliphatic hydroxyl groups is 5. The summed E-state index contributed by atoms with van der Waals surface area (Å²) in [6.07, 6.45) is 63.5. The van der Waals surface area contributed by atoms with Crippen LogP contribution in [0.4, 0.5) is 0 Å². The molecule has 78 heavy (non-hydrogen) atoms. The molecule has 1 fully saturated rings. The van der Waals surface area contributed by atoms with Crippen molar-refractivity contribution in [1.82, 2.24) is 5.32 Å². The molecule has 0 saturated carbocycles. The summed E-state index contributed by atoms with van der Waals surface area (Å²) < 4.78 is 16.7. The number of unbranched alkanes of at least 4 members (excludes halogenated alkanes) is 34. The smallest absolute Gasteiger partial charge is 0.305 e. The Balaban J connectivity index is 1.98. The highest BCUT2D eigenvalue weighted by atomic mass is 16.7. The van der Waals surface area contributed by atoms with E-state index in [4.69, 9.17) is 14.2 Å². The first-order valence-electron chi connectivity index (χ1n) is 32.6. The molecule has 1 aliphatic heterocycles. The fraction of sp³-hybridized carbons (Fsp3) is 0.821. The van der Waals surface area contributed by atoms with Crippen molar-refractivity contribution in [2.75, 3.05) is 19.8 Å². The van der Waals surface area contributed by atoms with Gasteiger partial charge in [0, 0.05) is 12.8 Å². The number of esters is 1. The predicted octanol–water partition coefficient (Wildman–Crippen LogP) is 15.8. The minimum atomic E-state index is -1.58. The van der Waals surface area contributed by atoms with E-state index in [2.05, 4.69) is 67.8 Å². The van der Waals surface area contributed by atoms with Gasteiger partial charge < -0.3 is 45.1 Å². The highest BCUT2D eigenvalue weighted by molar-refractivity contribution is 5.76. The zero-order valence-corrected chi connectivity index (χ0v) is 50.1. The first kappa shape index (κ1) is 73.4. The van der Waals surface area contributed by atoms with E-state index in [1.807, 2.05) is 6.08 Å². The quantitative estimate of drug-likeness (QED) is 0.0195. The summed E-state index contributed by atoms with van der Waals surface area (Å²) in [6.45, 7) is 4.26. The van der Waals surface area contributed by atoms with Crippen LogP contribution in [-0.2, 0) is 23.8 Å². The van der Waals surface area contributed by atoms with E-state index in [0.717, 1.165) is 77.0 Å². The Labute approximate surface area is 478 Å². The molecule has 0 aromatic heterocycles. The molecule has 11 heteroatoms. The van der Waals surface area contributed by atoms with E-state index in [0.29, 0.717) is 19.4 Å². The van der Waals surface area contributed by atoms with E-state index in [1.54, 1.807) is 6.08 Å². The normalized spacial score (nSPS) is 18.9. The van der Waals surface area contributed by atoms with Crippen molar-refractivity contribution >= 4 is 11.9 Å². The Morgan fingerprint density at radius 1 is 0.474 bits per heavy atom. The monoisotopic (exact) mass is 1100 g/mol. The maximum Gasteiger partial charge on any atom is 0.305 e. The van der Waals surface area contributed by atoms with Crippen LogP contribution in [0.15, 0.2) is 60.8 Å². The Morgan fingerprint density at radius 2 is 0.872 bits per heavy atom. The highest BCUT2D eigenvalue weighted by Crippen LogP contribution is 2.23. The first-order valence-corrected chi connectivity index (χ1v) is 32.6. The molecule has 0 aromatic rings. The SMILES string of the molecule is CCCCC/C=C/CC/C=C/C(O)C(COC1OC(CO)C(O)C(O)C1O)NC(=O)CCCCCCCCCCCCC/C=C\C/C=C\CCCCCCCCCCCOC(=O)CCCCCCC/C=C\CCCCCCC. The second-order valence-electron chi connectivity index (χ2n) is 22.4. The lowest BCUT2D eigenvalue weighted by molar-refractivity contribution is -0.302. The van der Waals surface area contributed by atoms with Gasteiger partial charge in [0.15, 0.2) is 6.29 Å². The number of amides is 1. The molecule has 0 aliphatic carbocycles. The van der Waals surface area contributed by atoms with Gasteiger partial charge in [-0.25, -0.2) is 0 Å². The van der Waals surface area contributed by atoms with Gasteiger partial charge in [-0.1, -0.05) is 235 Å². The summed E-state index contributed by atoms with van der Waals surface area (Å²) in [4.78, 5) is 25.0. The van der Waals surface area contributed by atoms with Crippen molar-refractivity contribution in [3.63, 3.8) is 0 Å². The number of carbonyl (C=O) groups excluding carboxylic acids is 2. The van der Waals surface area contributed by atoms with Crippen LogP contribution < -0.4 is 5.32 Å². The van der Waals surface area contributed by atoms with Crippen molar-refractivity contribution in [2.24, 2.45) is 0 Å². The minimum Gasteiger partial charge on any atom is -0.466 e. The lowest BCUT2D eigenvalue weighted by atomic mass is 9.99. The number of hydrogen-bond donors (Lipinski definition) is 6. The average Bonchev–Trinajstić information content (AvgIpc) is 3.44. The molecule has 11 nitrogen and oxygen atoms in total. The van der Waals surface area contributed by atoms with E-state index >= 15 is 0 Å². The Bertz CT molecular complexity index is 1480. The maximum atomic E-state index is 13.0. The molecule has 7 atom stereocenters. The molecule has 0 radical (unpaired) electrons. The molecule has 0 bridgehead atoms. The molecule has 0 aromatic carbocycles. The number of nitrogens with one attached hydrogen (secondary N) is 1. The Morgan fingerprint density at radius 3 is 1.37 bits per heavy atom. The third-order valence-corrected chi connectivity index (χ3v) is 15.1. The molecule has 1 heterocycles. The molecule has 7 unspecified atom stereocenters. The summed E-state index contributed by atoms with van der Waals surface area (Å²) in [7, 11) is 0. The third kappa shape index (κ3) is 45.0. The van der Waals surface area contributed by atoms with E-state index < -0.39 is 49.5 Å². The minimum absolute atomic E-state index is 0.00842. The van der Waals surface area contributed by atoms with Crippen LogP contribution >= 0.6 is 0 Å². The number of aliphatic hydroxyl groups excluding tert-OH is 5. The molecular weight excluding hydrogens is 979 g/mol. The van der Waals surface area contributed by atoms with Crippen LogP contribution in [0, 0.1) is 0 Å². The predicted molar refractivity (Wildman–Crippen MR) is 324 cm³/mol. The summed E-state index contributed by atoms with van der Waals surface area (Å²) in [5.41, 5.74) is 0. The van der Waals surface area contributed by atoms with Gasteiger partial charge in [0.2, 0.25) is 5.91 Å². The van der Waals surface area contributed by atoms with Crippen molar-refractivity contribution in [1.29, 1.82) is 0 Å². The van der Waals surface area contributed by atoms with Crippen LogP contribution in [0.25, 0.3) is 0 Å².